The Bertz CT molecular complexity index is 144. The summed E-state index contributed by atoms with van der Waals surface area (Å²) >= 11 is 3.14. The Morgan fingerprint density at radius 1 is 1.17 bits per heavy atom. The predicted molar refractivity (Wildman–Crippen MR) is 45.3 cm³/mol. The van der Waals surface area contributed by atoms with Crippen molar-refractivity contribution in [3.63, 3.8) is 0 Å². The molecule has 0 aliphatic heterocycles. The van der Waals surface area contributed by atoms with Crippen LogP contribution in [0.15, 0.2) is 0 Å². The van der Waals surface area contributed by atoms with Crippen molar-refractivity contribution in [1.29, 1.82) is 0 Å². The van der Waals surface area contributed by atoms with Gasteiger partial charge in [-0.15, -0.1) is 0 Å². The molecule has 0 unspecified atom stereocenters. The van der Waals surface area contributed by atoms with Crippen LogP contribution in [0.4, 0.5) is 13.2 Å². The van der Waals surface area contributed by atoms with E-state index in [4.69, 9.17) is 0 Å². The molecule has 0 spiro atoms. The minimum atomic E-state index is -3.99. The summed E-state index contributed by atoms with van der Waals surface area (Å²) in [6.07, 6.45) is -1.27. The highest BCUT2D eigenvalue weighted by molar-refractivity contribution is 9.09. The van der Waals surface area contributed by atoms with E-state index in [-0.39, 0.29) is 5.92 Å². The number of hydrogen-bond donors (Lipinski definition) is 0. The summed E-state index contributed by atoms with van der Waals surface area (Å²) in [5, 5.41) is 0.483. The fourth-order valence-corrected chi connectivity index (χ4v) is 2.60. The van der Waals surface area contributed by atoms with Gasteiger partial charge in [0.15, 0.2) is 0 Å². The van der Waals surface area contributed by atoms with E-state index in [1.807, 2.05) is 0 Å². The number of hydrogen-bond acceptors (Lipinski definition) is 0. The normalized spacial score (nSPS) is 32.0. The molecule has 0 saturated heterocycles. The zero-order valence-electron chi connectivity index (χ0n) is 6.70. The van der Waals surface area contributed by atoms with Gasteiger partial charge in [-0.2, -0.15) is 13.2 Å². The highest BCUT2D eigenvalue weighted by Crippen LogP contribution is 2.41. The van der Waals surface area contributed by atoms with Gasteiger partial charge in [-0.05, 0) is 18.8 Å². The minimum Gasteiger partial charge on any atom is -0.171 e. The third-order valence-corrected chi connectivity index (χ3v) is 3.36. The molecule has 0 amide bonds. The van der Waals surface area contributed by atoms with Gasteiger partial charge in [0.05, 0.1) is 5.92 Å². The second-order valence-electron chi connectivity index (χ2n) is 3.35. The highest BCUT2D eigenvalue weighted by atomic mass is 79.9. The second-order valence-corrected chi connectivity index (χ2v) is 3.99. The van der Waals surface area contributed by atoms with E-state index >= 15 is 0 Å². The van der Waals surface area contributed by atoms with E-state index in [0.29, 0.717) is 11.8 Å². The average molecular weight is 245 g/mol. The van der Waals surface area contributed by atoms with Crippen LogP contribution in [0.2, 0.25) is 0 Å². The predicted octanol–water partition coefficient (Wildman–Crippen LogP) is 3.75. The Hall–Kier alpha value is 0.270. The molecule has 0 aromatic carbocycles. The number of halogens is 4. The van der Waals surface area contributed by atoms with Crippen LogP contribution < -0.4 is 0 Å². The van der Waals surface area contributed by atoms with Crippen molar-refractivity contribution in [2.75, 3.05) is 5.33 Å². The van der Waals surface area contributed by atoms with Crippen LogP contribution in [0.5, 0.6) is 0 Å². The maximum absolute atomic E-state index is 12.4. The maximum Gasteiger partial charge on any atom is 0.392 e. The van der Waals surface area contributed by atoms with Gasteiger partial charge >= 0.3 is 6.18 Å². The molecule has 2 atom stereocenters. The summed E-state index contributed by atoms with van der Waals surface area (Å²) in [6.45, 7) is 0. The van der Waals surface area contributed by atoms with E-state index in [2.05, 4.69) is 15.9 Å². The smallest absolute Gasteiger partial charge is 0.171 e. The van der Waals surface area contributed by atoms with Crippen LogP contribution >= 0.6 is 15.9 Å². The molecule has 72 valence electrons. The Morgan fingerprint density at radius 3 is 2.17 bits per heavy atom. The van der Waals surface area contributed by atoms with Crippen molar-refractivity contribution in [2.24, 2.45) is 11.8 Å². The second kappa shape index (κ2) is 3.99. The minimum absolute atomic E-state index is 0.196. The van der Waals surface area contributed by atoms with Crippen molar-refractivity contribution in [3.05, 3.63) is 0 Å². The molecule has 1 fully saturated rings. The zero-order valence-corrected chi connectivity index (χ0v) is 8.29. The molecule has 0 bridgehead atoms. The Balaban J connectivity index is 2.59. The molecule has 4 heteroatoms. The first-order valence-corrected chi connectivity index (χ1v) is 5.30. The maximum atomic E-state index is 12.4. The summed E-state index contributed by atoms with van der Waals surface area (Å²) in [5.41, 5.74) is 0. The Morgan fingerprint density at radius 2 is 1.75 bits per heavy atom. The number of alkyl halides is 4. The summed E-state index contributed by atoms with van der Waals surface area (Å²) < 4.78 is 37.1. The van der Waals surface area contributed by atoms with Gasteiger partial charge in [-0.1, -0.05) is 28.8 Å². The van der Waals surface area contributed by atoms with Crippen molar-refractivity contribution < 1.29 is 13.2 Å². The molecule has 0 N–H and O–H groups in total. The Kier molecular flexibility index (Phi) is 3.44. The summed E-state index contributed by atoms with van der Waals surface area (Å²) in [4.78, 5) is 0. The molecule has 0 nitrogen and oxygen atoms in total. The third-order valence-electron chi connectivity index (χ3n) is 2.53. The zero-order chi connectivity index (χ0) is 9.19. The molecule has 1 rings (SSSR count). The standard InChI is InChI=1S/C8H12BrF3/c9-5-6-3-1-2-4-7(6)8(10,11)12/h6-7H,1-5H2/t6-,7-/m1/s1. The SMILES string of the molecule is FC(F)(F)[C@@H]1CCCC[C@@H]1CBr. The van der Waals surface area contributed by atoms with Gasteiger partial charge in [0.2, 0.25) is 0 Å². The largest absolute Gasteiger partial charge is 0.392 e. The lowest BCUT2D eigenvalue weighted by Crippen LogP contribution is -2.33. The first-order chi connectivity index (χ1) is 5.55. The average Bonchev–Trinajstić information content (AvgIpc) is 2.03. The van der Waals surface area contributed by atoms with Crippen LogP contribution in [0.1, 0.15) is 25.7 Å². The van der Waals surface area contributed by atoms with Crippen molar-refractivity contribution in [1.82, 2.24) is 0 Å². The van der Waals surface area contributed by atoms with Crippen molar-refractivity contribution in [3.8, 4) is 0 Å². The van der Waals surface area contributed by atoms with Gasteiger partial charge in [0, 0.05) is 5.33 Å². The first kappa shape index (κ1) is 10.4. The molecule has 1 aliphatic rings. The van der Waals surface area contributed by atoms with Crippen molar-refractivity contribution >= 4 is 15.9 Å². The van der Waals surface area contributed by atoms with E-state index in [1.54, 1.807) is 0 Å². The molecular weight excluding hydrogens is 233 g/mol. The van der Waals surface area contributed by atoms with Crippen LogP contribution in [0.25, 0.3) is 0 Å². The Labute approximate surface area is 78.7 Å². The van der Waals surface area contributed by atoms with Crippen LogP contribution in [-0.4, -0.2) is 11.5 Å². The van der Waals surface area contributed by atoms with Gasteiger partial charge in [0.1, 0.15) is 0 Å². The molecule has 0 heterocycles. The van der Waals surface area contributed by atoms with Crippen LogP contribution in [-0.2, 0) is 0 Å². The van der Waals surface area contributed by atoms with Crippen molar-refractivity contribution in [2.45, 2.75) is 31.9 Å². The van der Waals surface area contributed by atoms with Crippen LogP contribution in [0.3, 0.4) is 0 Å². The number of rotatable bonds is 1. The van der Waals surface area contributed by atoms with E-state index < -0.39 is 12.1 Å². The molecule has 1 saturated carbocycles. The summed E-state index contributed by atoms with van der Waals surface area (Å²) in [7, 11) is 0. The molecule has 0 aromatic heterocycles. The lowest BCUT2D eigenvalue weighted by Gasteiger charge is -2.31. The third kappa shape index (κ3) is 2.38. The first-order valence-electron chi connectivity index (χ1n) is 4.18. The van der Waals surface area contributed by atoms with E-state index in [9.17, 15) is 13.2 Å². The van der Waals surface area contributed by atoms with Gasteiger partial charge in [0.25, 0.3) is 0 Å². The lowest BCUT2D eigenvalue weighted by atomic mass is 9.80. The van der Waals surface area contributed by atoms with Gasteiger partial charge in [-0.25, -0.2) is 0 Å². The van der Waals surface area contributed by atoms with E-state index in [1.165, 1.54) is 0 Å². The fourth-order valence-electron chi connectivity index (χ4n) is 1.82. The monoisotopic (exact) mass is 244 g/mol. The molecule has 0 radical (unpaired) electrons. The van der Waals surface area contributed by atoms with Gasteiger partial charge < -0.3 is 0 Å². The molecular formula is C8H12BrF3. The van der Waals surface area contributed by atoms with Crippen LogP contribution in [0, 0.1) is 11.8 Å². The van der Waals surface area contributed by atoms with Gasteiger partial charge in [-0.3, -0.25) is 0 Å². The summed E-state index contributed by atoms with van der Waals surface area (Å²) in [6, 6.07) is 0. The topological polar surface area (TPSA) is 0 Å². The quantitative estimate of drug-likeness (QED) is 0.617. The summed E-state index contributed by atoms with van der Waals surface area (Å²) in [5.74, 6) is -1.26. The van der Waals surface area contributed by atoms with E-state index in [0.717, 1.165) is 19.3 Å². The molecule has 0 aromatic rings. The lowest BCUT2D eigenvalue weighted by molar-refractivity contribution is -0.193. The molecule has 12 heavy (non-hydrogen) atoms. The highest BCUT2D eigenvalue weighted by Gasteiger charge is 2.44. The fraction of sp³-hybridized carbons (Fsp3) is 1.00. The molecule has 1 aliphatic carbocycles.